The van der Waals surface area contributed by atoms with Crippen LogP contribution >= 0.6 is 0 Å². The third-order valence-corrected chi connectivity index (χ3v) is 4.57. The first-order valence-electron chi connectivity index (χ1n) is 9.10. The zero-order chi connectivity index (χ0) is 21.3. The van der Waals surface area contributed by atoms with Gasteiger partial charge in [0.25, 0.3) is 0 Å². The van der Waals surface area contributed by atoms with Crippen molar-refractivity contribution in [2.24, 2.45) is 0 Å². The molecule has 1 aromatic carbocycles. The molecule has 0 saturated heterocycles. The van der Waals surface area contributed by atoms with Gasteiger partial charge >= 0.3 is 0 Å². The maximum atomic E-state index is 13.1. The average Bonchev–Trinajstić information content (AvgIpc) is 2.66. The maximum absolute atomic E-state index is 13.1. The summed E-state index contributed by atoms with van der Waals surface area (Å²) in [4.78, 5) is 19.3. The summed E-state index contributed by atoms with van der Waals surface area (Å²) in [6, 6.07) is 4.72. The SMILES string of the molecule is COc1c(-c2ccc(N(C)C)nc2)oc2c(CC=C(C)C)c(O)cc(O)c2c1=O. The van der Waals surface area contributed by atoms with Gasteiger partial charge in [-0.05, 0) is 32.4 Å². The molecule has 0 spiro atoms. The topological polar surface area (TPSA) is 96.0 Å². The first-order valence-corrected chi connectivity index (χ1v) is 9.10. The van der Waals surface area contributed by atoms with Crippen LogP contribution in [0.25, 0.3) is 22.3 Å². The molecular formula is C22H24N2O5. The number of methoxy groups -OCH3 is 1. The average molecular weight is 396 g/mol. The van der Waals surface area contributed by atoms with E-state index in [2.05, 4.69) is 4.98 Å². The van der Waals surface area contributed by atoms with Crippen LogP contribution in [0.15, 0.2) is 45.3 Å². The molecule has 0 unspecified atom stereocenters. The molecule has 152 valence electrons. The van der Waals surface area contributed by atoms with E-state index in [-0.39, 0.29) is 34.0 Å². The lowest BCUT2D eigenvalue weighted by atomic mass is 10.0. The molecule has 0 radical (unpaired) electrons. The zero-order valence-corrected chi connectivity index (χ0v) is 17.1. The van der Waals surface area contributed by atoms with E-state index in [0.29, 0.717) is 17.5 Å². The Hall–Kier alpha value is -3.48. The number of allylic oxidation sites excluding steroid dienone is 2. The molecule has 0 amide bonds. The number of phenols is 2. The molecule has 3 aromatic rings. The maximum Gasteiger partial charge on any atom is 0.239 e. The van der Waals surface area contributed by atoms with Gasteiger partial charge in [0, 0.05) is 37.5 Å². The van der Waals surface area contributed by atoms with E-state index in [1.807, 2.05) is 38.9 Å². The van der Waals surface area contributed by atoms with E-state index in [4.69, 9.17) is 9.15 Å². The quantitative estimate of drug-likeness (QED) is 0.632. The van der Waals surface area contributed by atoms with Crippen LogP contribution in [0.1, 0.15) is 19.4 Å². The van der Waals surface area contributed by atoms with Crippen molar-refractivity contribution in [3.63, 3.8) is 0 Å². The number of pyridine rings is 1. The number of aromatic hydroxyl groups is 2. The molecule has 29 heavy (non-hydrogen) atoms. The smallest absolute Gasteiger partial charge is 0.239 e. The number of phenolic OH excluding ortho intramolecular Hbond substituents is 2. The number of hydrogen-bond acceptors (Lipinski definition) is 7. The molecule has 0 atom stereocenters. The van der Waals surface area contributed by atoms with Gasteiger partial charge in [-0.2, -0.15) is 0 Å². The van der Waals surface area contributed by atoms with Crippen LogP contribution < -0.4 is 15.1 Å². The lowest BCUT2D eigenvalue weighted by Crippen LogP contribution is -2.11. The minimum Gasteiger partial charge on any atom is -0.507 e. The number of fused-ring (bicyclic) bond motifs is 1. The molecule has 3 rings (SSSR count). The van der Waals surface area contributed by atoms with Crippen LogP contribution in [0.2, 0.25) is 0 Å². The van der Waals surface area contributed by atoms with Crippen molar-refractivity contribution in [1.29, 1.82) is 0 Å². The van der Waals surface area contributed by atoms with Crippen LogP contribution in [0, 0.1) is 0 Å². The Morgan fingerprint density at radius 2 is 1.97 bits per heavy atom. The van der Waals surface area contributed by atoms with Gasteiger partial charge in [-0.3, -0.25) is 4.79 Å². The third kappa shape index (κ3) is 3.76. The van der Waals surface area contributed by atoms with Gasteiger partial charge in [-0.15, -0.1) is 0 Å². The summed E-state index contributed by atoms with van der Waals surface area (Å²) in [6.07, 6.45) is 3.83. The van der Waals surface area contributed by atoms with Crippen molar-refractivity contribution in [1.82, 2.24) is 4.98 Å². The molecule has 0 aliphatic carbocycles. The molecule has 7 nitrogen and oxygen atoms in total. The number of hydrogen-bond donors (Lipinski definition) is 2. The van der Waals surface area contributed by atoms with E-state index in [1.165, 1.54) is 7.11 Å². The Morgan fingerprint density at radius 1 is 1.24 bits per heavy atom. The molecule has 2 N–H and O–H groups in total. The standard InChI is InChI=1S/C22H24N2O5/c1-12(2)6-8-14-15(25)10-16(26)18-19(27)22(28-5)20(29-21(14)18)13-7-9-17(23-11-13)24(3)4/h6-7,9-11,25-26H,8H2,1-5H3. The van der Waals surface area contributed by atoms with Gasteiger partial charge in [-0.25, -0.2) is 4.98 Å². The van der Waals surface area contributed by atoms with E-state index in [0.717, 1.165) is 17.5 Å². The molecule has 0 bridgehead atoms. The van der Waals surface area contributed by atoms with Crippen molar-refractivity contribution in [3.05, 3.63) is 51.8 Å². The van der Waals surface area contributed by atoms with E-state index >= 15 is 0 Å². The minimum atomic E-state index is -0.517. The predicted molar refractivity (Wildman–Crippen MR) is 113 cm³/mol. The number of benzene rings is 1. The van der Waals surface area contributed by atoms with E-state index in [1.54, 1.807) is 18.3 Å². The summed E-state index contributed by atoms with van der Waals surface area (Å²) in [5.41, 5.74) is 1.61. The summed E-state index contributed by atoms with van der Waals surface area (Å²) in [5, 5.41) is 20.7. The monoisotopic (exact) mass is 396 g/mol. The van der Waals surface area contributed by atoms with Crippen LogP contribution in [0.5, 0.6) is 17.2 Å². The van der Waals surface area contributed by atoms with Crippen molar-refractivity contribution in [2.75, 3.05) is 26.1 Å². The number of anilines is 1. The van der Waals surface area contributed by atoms with Gasteiger partial charge in [0.1, 0.15) is 28.3 Å². The summed E-state index contributed by atoms with van der Waals surface area (Å²) >= 11 is 0. The summed E-state index contributed by atoms with van der Waals surface area (Å²) in [6.45, 7) is 3.87. The van der Waals surface area contributed by atoms with Gasteiger partial charge in [-0.1, -0.05) is 11.6 Å². The van der Waals surface area contributed by atoms with Crippen LogP contribution in [0.4, 0.5) is 5.82 Å². The highest BCUT2D eigenvalue weighted by molar-refractivity contribution is 5.91. The molecule has 7 heteroatoms. The summed E-state index contributed by atoms with van der Waals surface area (Å²) < 4.78 is 11.4. The Labute approximate surface area is 168 Å². The minimum absolute atomic E-state index is 0.0292. The van der Waals surface area contributed by atoms with Crippen molar-refractivity contribution >= 4 is 16.8 Å². The number of aromatic nitrogens is 1. The first kappa shape index (κ1) is 20.3. The van der Waals surface area contributed by atoms with Gasteiger partial charge in [0.2, 0.25) is 11.2 Å². The molecular weight excluding hydrogens is 372 g/mol. The molecule has 0 fully saturated rings. The second-order valence-electron chi connectivity index (χ2n) is 7.18. The molecule has 0 aliphatic rings. The van der Waals surface area contributed by atoms with Gasteiger partial charge < -0.3 is 24.3 Å². The van der Waals surface area contributed by atoms with Crippen molar-refractivity contribution in [3.8, 4) is 28.6 Å². The highest BCUT2D eigenvalue weighted by Gasteiger charge is 2.23. The van der Waals surface area contributed by atoms with Crippen molar-refractivity contribution < 1.29 is 19.4 Å². The number of nitrogens with zero attached hydrogens (tertiary/aromatic N) is 2. The fourth-order valence-electron chi connectivity index (χ4n) is 3.03. The van der Waals surface area contributed by atoms with Gasteiger partial charge in [0.15, 0.2) is 5.76 Å². The summed E-state index contributed by atoms with van der Waals surface area (Å²) in [7, 11) is 5.12. The summed E-state index contributed by atoms with van der Waals surface area (Å²) in [5.74, 6) is 0.388. The van der Waals surface area contributed by atoms with Crippen molar-refractivity contribution in [2.45, 2.75) is 20.3 Å². The van der Waals surface area contributed by atoms with Crippen LogP contribution in [-0.2, 0) is 6.42 Å². The Kier molecular flexibility index (Phi) is 5.50. The fraction of sp³-hybridized carbons (Fsp3) is 0.273. The Morgan fingerprint density at radius 3 is 2.52 bits per heavy atom. The van der Waals surface area contributed by atoms with Crippen LogP contribution in [-0.4, -0.2) is 36.4 Å². The largest absolute Gasteiger partial charge is 0.507 e. The van der Waals surface area contributed by atoms with E-state index in [9.17, 15) is 15.0 Å². The second-order valence-corrected chi connectivity index (χ2v) is 7.18. The molecule has 2 aromatic heterocycles. The number of rotatable bonds is 5. The lowest BCUT2D eigenvalue weighted by Gasteiger charge is -2.14. The normalized spacial score (nSPS) is 10.8. The lowest BCUT2D eigenvalue weighted by molar-refractivity contribution is 0.396. The Balaban J connectivity index is 2.34. The third-order valence-electron chi connectivity index (χ3n) is 4.57. The van der Waals surface area contributed by atoms with Gasteiger partial charge in [0.05, 0.1) is 7.11 Å². The fourth-order valence-corrected chi connectivity index (χ4v) is 3.03. The van der Waals surface area contributed by atoms with Crippen LogP contribution in [0.3, 0.4) is 0 Å². The number of ether oxygens (including phenoxy) is 1. The molecule has 0 aliphatic heterocycles. The molecule has 0 saturated carbocycles. The predicted octanol–water partition coefficient (Wildman–Crippen LogP) is 3.85. The molecule has 2 heterocycles. The first-order chi connectivity index (χ1) is 13.7. The highest BCUT2D eigenvalue weighted by Crippen LogP contribution is 2.39. The van der Waals surface area contributed by atoms with E-state index < -0.39 is 5.43 Å². The highest BCUT2D eigenvalue weighted by atomic mass is 16.5. The Bertz CT molecular complexity index is 1140. The second kappa shape index (κ2) is 7.87. The zero-order valence-electron chi connectivity index (χ0n) is 17.1.